The fourth-order valence-electron chi connectivity index (χ4n) is 5.75. The number of primary amides is 1. The highest BCUT2D eigenvalue weighted by atomic mass is 32.2. The number of imide groups is 1. The molecule has 43 heavy (non-hydrogen) atoms. The molecule has 4 atom stereocenters. The van der Waals surface area contributed by atoms with Crippen LogP contribution in [0.2, 0.25) is 0 Å². The third kappa shape index (κ3) is 7.31. The number of nitrogens with zero attached hydrogens (tertiary/aromatic N) is 2. The van der Waals surface area contributed by atoms with Crippen molar-refractivity contribution < 1.29 is 32.3 Å². The van der Waals surface area contributed by atoms with E-state index in [4.69, 9.17) is 10.5 Å². The number of aryl methyl sites for hydroxylation is 1. The summed E-state index contributed by atoms with van der Waals surface area (Å²) in [4.78, 5) is 53.8. The second kappa shape index (κ2) is 12.6. The maximum absolute atomic E-state index is 14.0. The van der Waals surface area contributed by atoms with Crippen LogP contribution >= 0.6 is 0 Å². The number of nitrogens with two attached hydrogens (primary N) is 1. The second-order valence-corrected chi connectivity index (χ2v) is 14.6. The van der Waals surface area contributed by atoms with Gasteiger partial charge in [-0.3, -0.25) is 14.3 Å². The van der Waals surface area contributed by atoms with E-state index in [9.17, 15) is 27.6 Å². The number of carbonyl (C=O) groups is 4. The number of benzene rings is 1. The lowest BCUT2D eigenvalue weighted by Gasteiger charge is -2.34. The van der Waals surface area contributed by atoms with Gasteiger partial charge in [-0.2, -0.15) is 0 Å². The van der Waals surface area contributed by atoms with Crippen LogP contribution in [0.15, 0.2) is 36.4 Å². The van der Waals surface area contributed by atoms with Gasteiger partial charge in [-0.05, 0) is 78.4 Å². The lowest BCUT2D eigenvalue weighted by atomic mass is 10.0. The molecule has 1 saturated heterocycles. The Morgan fingerprint density at radius 2 is 1.79 bits per heavy atom. The molecule has 2 aliphatic heterocycles. The molecular weight excluding hydrogens is 574 g/mol. The normalized spacial score (nSPS) is 27.4. The number of hydrogen-bond donors (Lipinski definition) is 3. The summed E-state index contributed by atoms with van der Waals surface area (Å²) in [5.74, 6) is -1.65. The highest BCUT2D eigenvalue weighted by Crippen LogP contribution is 2.49. The zero-order valence-corrected chi connectivity index (χ0v) is 26.1. The first-order valence-electron chi connectivity index (χ1n) is 14.8. The number of hydrogen-bond acceptors (Lipinski definition) is 7. The molecule has 0 spiro atoms. The van der Waals surface area contributed by atoms with Crippen LogP contribution in [0.3, 0.4) is 0 Å². The number of urea groups is 1. The van der Waals surface area contributed by atoms with Crippen molar-refractivity contribution >= 4 is 39.6 Å². The molecule has 4 unspecified atom stereocenters. The van der Waals surface area contributed by atoms with Crippen LogP contribution in [0, 0.1) is 12.8 Å². The molecule has 3 aliphatic rings. The number of anilines is 1. The predicted molar refractivity (Wildman–Crippen MR) is 161 cm³/mol. The number of sulfonamides is 1. The molecule has 13 heteroatoms. The molecule has 1 aromatic carbocycles. The highest BCUT2D eigenvalue weighted by molar-refractivity contribution is 7.94. The number of carbonyl (C=O) groups excluding carboxylic acids is 4. The summed E-state index contributed by atoms with van der Waals surface area (Å²) in [5, 5.41) is 2.79. The predicted octanol–water partition coefficient (Wildman–Crippen LogP) is 3.76. The fraction of sp³-hybridized carbons (Fsp3) is 0.600. The average molecular weight is 618 g/mol. The second-order valence-electron chi connectivity index (χ2n) is 12.6. The summed E-state index contributed by atoms with van der Waals surface area (Å²) >= 11 is 0. The van der Waals surface area contributed by atoms with Gasteiger partial charge in [0.2, 0.25) is 11.8 Å². The first kappa shape index (κ1) is 32.3. The molecule has 4 rings (SSSR count). The van der Waals surface area contributed by atoms with E-state index in [1.807, 2.05) is 19.1 Å². The largest absolute Gasteiger partial charge is 0.443 e. The fourth-order valence-corrected chi connectivity index (χ4v) is 7.49. The SMILES string of the molecule is Cc1ccc(NS(=O)(=O)C23CC2/C=C\CCCCCC(N(C(N)=O)C(=O)OC(C)(C)C)C(=O)N2CCCC2C(=O)N3)cc1. The van der Waals surface area contributed by atoms with E-state index in [-0.39, 0.29) is 19.4 Å². The maximum atomic E-state index is 14.0. The van der Waals surface area contributed by atoms with Crippen LogP contribution in [0.4, 0.5) is 15.3 Å². The molecule has 0 bridgehead atoms. The Labute approximate surface area is 253 Å². The number of nitrogens with one attached hydrogen (secondary N) is 2. The molecule has 1 aliphatic carbocycles. The zero-order valence-electron chi connectivity index (χ0n) is 25.3. The minimum absolute atomic E-state index is 0.150. The monoisotopic (exact) mass is 617 g/mol. The van der Waals surface area contributed by atoms with Crippen molar-refractivity contribution in [3.05, 3.63) is 42.0 Å². The van der Waals surface area contributed by atoms with Gasteiger partial charge in [0.15, 0.2) is 4.87 Å². The van der Waals surface area contributed by atoms with Crippen molar-refractivity contribution in [2.75, 3.05) is 11.3 Å². The molecule has 4 N–H and O–H groups in total. The smallest absolute Gasteiger partial charge is 0.419 e. The minimum Gasteiger partial charge on any atom is -0.443 e. The van der Waals surface area contributed by atoms with Gasteiger partial charge in [-0.15, -0.1) is 0 Å². The summed E-state index contributed by atoms with van der Waals surface area (Å²) in [7, 11) is -4.09. The molecule has 1 saturated carbocycles. The zero-order chi connectivity index (χ0) is 31.6. The van der Waals surface area contributed by atoms with Gasteiger partial charge >= 0.3 is 12.1 Å². The van der Waals surface area contributed by atoms with Crippen molar-refractivity contribution in [2.45, 2.75) is 102 Å². The van der Waals surface area contributed by atoms with Gasteiger partial charge in [0.1, 0.15) is 17.7 Å². The molecule has 2 heterocycles. The molecule has 12 nitrogen and oxygen atoms in total. The Morgan fingerprint density at radius 3 is 2.44 bits per heavy atom. The minimum atomic E-state index is -4.09. The standard InChI is InChI=1S/C30H43N5O7S/c1-20-14-16-22(17-15-20)33-43(40,41)30-19-21(30)11-8-6-5-7-9-12-24(35(27(31)38)28(39)42-29(2,3)4)26(37)34-18-10-13-23(34)25(36)32-30/h8,11,14-17,21,23-24,33H,5-7,9-10,12-13,18-19H2,1-4H3,(H2,31,38)(H,32,36)/b11-8-. The molecule has 0 aromatic heterocycles. The van der Waals surface area contributed by atoms with E-state index in [0.29, 0.717) is 42.7 Å². The highest BCUT2D eigenvalue weighted by Gasteiger charge is 2.64. The third-order valence-electron chi connectivity index (χ3n) is 8.06. The third-order valence-corrected chi connectivity index (χ3v) is 10.1. The molecular formula is C30H43N5O7S. The Balaban J connectivity index is 1.65. The van der Waals surface area contributed by atoms with Crippen LogP contribution in [0.25, 0.3) is 0 Å². The molecule has 0 radical (unpaired) electrons. The van der Waals surface area contributed by atoms with Gasteiger partial charge in [-0.25, -0.2) is 22.9 Å². The molecule has 1 aromatic rings. The summed E-state index contributed by atoms with van der Waals surface area (Å²) < 4.78 is 35.5. The lowest BCUT2D eigenvalue weighted by Crippen LogP contribution is -2.59. The van der Waals surface area contributed by atoms with Crippen LogP contribution < -0.4 is 15.8 Å². The van der Waals surface area contributed by atoms with E-state index < -0.39 is 62.4 Å². The Hall–Kier alpha value is -3.61. The van der Waals surface area contributed by atoms with E-state index in [0.717, 1.165) is 12.0 Å². The van der Waals surface area contributed by atoms with Gasteiger partial charge in [0.25, 0.3) is 10.0 Å². The Bertz CT molecular complexity index is 1370. The van der Waals surface area contributed by atoms with Crippen LogP contribution in [-0.2, 0) is 24.3 Å². The van der Waals surface area contributed by atoms with Gasteiger partial charge < -0.3 is 20.7 Å². The van der Waals surface area contributed by atoms with E-state index in [2.05, 4.69) is 10.0 Å². The topological polar surface area (TPSA) is 168 Å². The van der Waals surface area contributed by atoms with Crippen molar-refractivity contribution in [3.63, 3.8) is 0 Å². The van der Waals surface area contributed by atoms with E-state index in [1.165, 1.54) is 4.90 Å². The van der Waals surface area contributed by atoms with Crippen LogP contribution in [0.5, 0.6) is 0 Å². The first-order chi connectivity index (χ1) is 20.1. The Kier molecular flexibility index (Phi) is 9.43. The summed E-state index contributed by atoms with van der Waals surface area (Å²) in [6.07, 6.45) is 6.46. The average Bonchev–Trinajstić information content (AvgIpc) is 3.38. The van der Waals surface area contributed by atoms with Crippen molar-refractivity contribution in [1.82, 2.24) is 15.1 Å². The van der Waals surface area contributed by atoms with Gasteiger partial charge in [0.05, 0.1) is 0 Å². The maximum Gasteiger partial charge on any atom is 0.419 e. The quantitative estimate of drug-likeness (QED) is 0.432. The Morgan fingerprint density at radius 1 is 1.09 bits per heavy atom. The van der Waals surface area contributed by atoms with Crippen molar-refractivity contribution in [1.29, 1.82) is 0 Å². The summed E-state index contributed by atoms with van der Waals surface area (Å²) in [6, 6.07) is 3.54. The van der Waals surface area contributed by atoms with Crippen LogP contribution in [-0.4, -0.2) is 71.3 Å². The number of ether oxygens (including phenoxy) is 1. The number of fused-ring (bicyclic) bond motifs is 2. The van der Waals surface area contributed by atoms with Crippen molar-refractivity contribution in [3.8, 4) is 0 Å². The molecule has 5 amide bonds. The number of allylic oxidation sites excluding steroid dienone is 1. The lowest BCUT2D eigenvalue weighted by molar-refractivity contribution is -0.142. The summed E-state index contributed by atoms with van der Waals surface area (Å²) in [5.41, 5.74) is 6.03. The van der Waals surface area contributed by atoms with E-state index >= 15 is 0 Å². The summed E-state index contributed by atoms with van der Waals surface area (Å²) in [6.45, 7) is 7.02. The molecule has 236 valence electrons. The number of amides is 5. The molecule has 2 fully saturated rings. The van der Waals surface area contributed by atoms with Crippen molar-refractivity contribution in [2.24, 2.45) is 11.7 Å². The first-order valence-corrected chi connectivity index (χ1v) is 16.3. The van der Waals surface area contributed by atoms with Crippen LogP contribution in [0.1, 0.15) is 77.7 Å². The number of rotatable bonds is 4. The van der Waals surface area contributed by atoms with E-state index in [1.54, 1.807) is 45.0 Å². The van der Waals surface area contributed by atoms with Gasteiger partial charge in [0, 0.05) is 18.2 Å². The van der Waals surface area contributed by atoms with Gasteiger partial charge in [-0.1, -0.05) is 42.7 Å².